The first kappa shape index (κ1) is 17.1. The summed E-state index contributed by atoms with van der Waals surface area (Å²) in [5.41, 5.74) is 4.77. The van der Waals surface area contributed by atoms with Crippen LogP contribution < -0.4 is 15.5 Å². The molecule has 26 heavy (non-hydrogen) atoms. The number of hydrogen-bond acceptors (Lipinski definition) is 3. The van der Waals surface area contributed by atoms with Crippen molar-refractivity contribution >= 4 is 11.6 Å². The molecule has 4 rings (SSSR count). The lowest BCUT2D eigenvalue weighted by molar-refractivity contribution is 0.0948. The van der Waals surface area contributed by atoms with E-state index < -0.39 is 0 Å². The normalized spacial score (nSPS) is 19.7. The molecule has 1 atom stereocenters. The van der Waals surface area contributed by atoms with Crippen LogP contribution in [0.3, 0.4) is 0 Å². The Morgan fingerprint density at radius 2 is 1.88 bits per heavy atom. The molecule has 2 aliphatic rings. The predicted molar refractivity (Wildman–Crippen MR) is 106 cm³/mol. The molecule has 2 heterocycles. The number of hydrogen-bond donors (Lipinski definition) is 2. The molecule has 2 aromatic rings. The molecule has 2 N–H and O–H groups in total. The monoisotopic (exact) mass is 349 g/mol. The average molecular weight is 349 g/mol. The molecule has 0 aliphatic carbocycles. The van der Waals surface area contributed by atoms with Crippen molar-refractivity contribution in [2.45, 2.75) is 19.3 Å². The maximum absolute atomic E-state index is 12.6. The third-order valence-electron chi connectivity index (χ3n) is 5.57. The van der Waals surface area contributed by atoms with Gasteiger partial charge in [0.15, 0.2) is 0 Å². The summed E-state index contributed by atoms with van der Waals surface area (Å²) in [5, 5.41) is 6.57. The smallest absolute Gasteiger partial charge is 0.251 e. The van der Waals surface area contributed by atoms with Gasteiger partial charge >= 0.3 is 0 Å². The number of carbonyl (C=O) groups excluding carboxylic acids is 1. The van der Waals surface area contributed by atoms with Crippen LogP contribution in [0.15, 0.2) is 48.5 Å². The van der Waals surface area contributed by atoms with Gasteiger partial charge in [-0.3, -0.25) is 4.79 Å². The molecule has 136 valence electrons. The second-order valence-electron chi connectivity index (χ2n) is 7.38. The molecule has 1 fully saturated rings. The van der Waals surface area contributed by atoms with Crippen LogP contribution in [0.1, 0.15) is 27.9 Å². The second-order valence-corrected chi connectivity index (χ2v) is 7.38. The number of rotatable bonds is 4. The van der Waals surface area contributed by atoms with E-state index in [1.165, 1.54) is 16.8 Å². The Balaban J connectivity index is 1.32. The first-order chi connectivity index (χ1) is 12.8. The van der Waals surface area contributed by atoms with Crippen LogP contribution in [0.2, 0.25) is 0 Å². The van der Waals surface area contributed by atoms with Gasteiger partial charge in [0.2, 0.25) is 0 Å². The third-order valence-corrected chi connectivity index (χ3v) is 5.57. The number of anilines is 1. The summed E-state index contributed by atoms with van der Waals surface area (Å²) in [6.45, 7) is 4.85. The van der Waals surface area contributed by atoms with E-state index in [9.17, 15) is 4.79 Å². The van der Waals surface area contributed by atoms with Crippen LogP contribution in [0.5, 0.6) is 0 Å². The molecule has 0 unspecified atom stereocenters. The van der Waals surface area contributed by atoms with Crippen LogP contribution in [-0.2, 0) is 12.8 Å². The summed E-state index contributed by atoms with van der Waals surface area (Å²) in [4.78, 5) is 15.0. The zero-order chi connectivity index (χ0) is 17.8. The molecule has 2 aliphatic heterocycles. The maximum Gasteiger partial charge on any atom is 0.251 e. The van der Waals surface area contributed by atoms with E-state index in [1.54, 1.807) is 0 Å². The van der Waals surface area contributed by atoms with Gasteiger partial charge in [-0.2, -0.15) is 0 Å². The van der Waals surface area contributed by atoms with E-state index in [-0.39, 0.29) is 5.91 Å². The zero-order valence-corrected chi connectivity index (χ0v) is 15.2. The number of nitrogens with one attached hydrogen (secondary N) is 2. The predicted octanol–water partition coefficient (Wildman–Crippen LogP) is 2.63. The Hall–Kier alpha value is -2.33. The first-order valence-corrected chi connectivity index (χ1v) is 9.70. The fourth-order valence-corrected chi connectivity index (χ4v) is 4.03. The molecular weight excluding hydrogens is 322 g/mol. The molecule has 0 bridgehead atoms. The minimum atomic E-state index is 0.0585. The SMILES string of the molecule is O=C(NC[C@H]1CCN(c2ccccc2)C1)c1ccc2c(c1)CCNCC2. The maximum atomic E-state index is 12.6. The summed E-state index contributed by atoms with van der Waals surface area (Å²) < 4.78 is 0. The van der Waals surface area contributed by atoms with Crippen LogP contribution in [0.4, 0.5) is 5.69 Å². The molecule has 4 nitrogen and oxygen atoms in total. The van der Waals surface area contributed by atoms with Gasteiger partial charge in [0.1, 0.15) is 0 Å². The molecule has 1 saturated heterocycles. The molecular formula is C22H27N3O. The Morgan fingerprint density at radius 3 is 2.73 bits per heavy atom. The molecule has 2 aromatic carbocycles. The third kappa shape index (κ3) is 3.91. The van der Waals surface area contributed by atoms with E-state index in [0.29, 0.717) is 5.92 Å². The van der Waals surface area contributed by atoms with Crippen molar-refractivity contribution in [2.24, 2.45) is 5.92 Å². The van der Waals surface area contributed by atoms with Crippen LogP contribution in [0.25, 0.3) is 0 Å². The number of benzene rings is 2. The lowest BCUT2D eigenvalue weighted by Gasteiger charge is -2.18. The van der Waals surface area contributed by atoms with Gasteiger partial charge < -0.3 is 15.5 Å². The summed E-state index contributed by atoms with van der Waals surface area (Å²) in [6, 6.07) is 16.7. The summed E-state index contributed by atoms with van der Waals surface area (Å²) >= 11 is 0. The van der Waals surface area contributed by atoms with Gasteiger partial charge in [-0.15, -0.1) is 0 Å². The highest BCUT2D eigenvalue weighted by Gasteiger charge is 2.23. The lowest BCUT2D eigenvalue weighted by Crippen LogP contribution is -2.31. The van der Waals surface area contributed by atoms with Crippen molar-refractivity contribution in [3.8, 4) is 0 Å². The molecule has 0 radical (unpaired) electrons. The minimum absolute atomic E-state index is 0.0585. The Kier molecular flexibility index (Phi) is 5.21. The van der Waals surface area contributed by atoms with Gasteiger partial charge in [-0.05, 0) is 73.7 Å². The summed E-state index contributed by atoms with van der Waals surface area (Å²) in [5.74, 6) is 0.576. The van der Waals surface area contributed by atoms with E-state index in [1.807, 2.05) is 12.1 Å². The largest absolute Gasteiger partial charge is 0.371 e. The Morgan fingerprint density at radius 1 is 1.08 bits per heavy atom. The van der Waals surface area contributed by atoms with E-state index in [2.05, 4.69) is 51.9 Å². The Bertz CT molecular complexity index is 759. The lowest BCUT2D eigenvalue weighted by atomic mass is 9.99. The van der Waals surface area contributed by atoms with Crippen molar-refractivity contribution in [3.63, 3.8) is 0 Å². The van der Waals surface area contributed by atoms with Crippen molar-refractivity contribution in [1.82, 2.24) is 10.6 Å². The van der Waals surface area contributed by atoms with E-state index >= 15 is 0 Å². The minimum Gasteiger partial charge on any atom is -0.371 e. The molecule has 1 amide bonds. The van der Waals surface area contributed by atoms with Gasteiger partial charge in [-0.25, -0.2) is 0 Å². The highest BCUT2D eigenvalue weighted by molar-refractivity contribution is 5.94. The average Bonchev–Trinajstić information content (AvgIpc) is 3.04. The number of nitrogens with zero attached hydrogens (tertiary/aromatic N) is 1. The van der Waals surface area contributed by atoms with Crippen LogP contribution in [-0.4, -0.2) is 38.6 Å². The summed E-state index contributed by atoms with van der Waals surface area (Å²) in [6.07, 6.45) is 3.19. The van der Waals surface area contributed by atoms with Crippen molar-refractivity contribution in [1.29, 1.82) is 0 Å². The fourth-order valence-electron chi connectivity index (χ4n) is 4.03. The second kappa shape index (κ2) is 7.92. The van der Waals surface area contributed by atoms with E-state index in [4.69, 9.17) is 0 Å². The summed E-state index contributed by atoms with van der Waals surface area (Å²) in [7, 11) is 0. The molecule has 0 aromatic heterocycles. The van der Waals surface area contributed by atoms with Gasteiger partial charge in [0.05, 0.1) is 0 Å². The topological polar surface area (TPSA) is 44.4 Å². The van der Waals surface area contributed by atoms with Crippen molar-refractivity contribution < 1.29 is 4.79 Å². The zero-order valence-electron chi connectivity index (χ0n) is 15.2. The Labute approximate surface area is 155 Å². The first-order valence-electron chi connectivity index (χ1n) is 9.70. The van der Waals surface area contributed by atoms with Crippen LogP contribution in [0, 0.1) is 5.92 Å². The molecule has 4 heteroatoms. The van der Waals surface area contributed by atoms with Crippen molar-refractivity contribution in [2.75, 3.05) is 37.6 Å². The number of amides is 1. The highest BCUT2D eigenvalue weighted by Crippen LogP contribution is 2.23. The molecule has 0 saturated carbocycles. The van der Waals surface area contributed by atoms with Gasteiger partial charge in [0, 0.05) is 30.9 Å². The van der Waals surface area contributed by atoms with Crippen LogP contribution >= 0.6 is 0 Å². The van der Waals surface area contributed by atoms with E-state index in [0.717, 1.165) is 57.5 Å². The standard InChI is InChI=1S/C22H27N3O/c26-22(20-7-6-18-8-11-23-12-9-19(18)14-20)24-15-17-10-13-25(16-17)21-4-2-1-3-5-21/h1-7,14,17,23H,8-13,15-16H2,(H,24,26)/t17-/m1/s1. The fraction of sp³-hybridized carbons (Fsp3) is 0.409. The molecule has 0 spiro atoms. The number of fused-ring (bicyclic) bond motifs is 1. The number of carbonyl (C=O) groups is 1. The van der Waals surface area contributed by atoms with Gasteiger partial charge in [-0.1, -0.05) is 24.3 Å². The highest BCUT2D eigenvalue weighted by atomic mass is 16.1. The van der Waals surface area contributed by atoms with Gasteiger partial charge in [0.25, 0.3) is 5.91 Å². The number of para-hydroxylation sites is 1. The quantitative estimate of drug-likeness (QED) is 0.892. The van der Waals surface area contributed by atoms with Crippen molar-refractivity contribution in [3.05, 3.63) is 65.2 Å².